The third-order valence-corrected chi connectivity index (χ3v) is 12.8. The fraction of sp³-hybridized carbons (Fsp3) is 0.250. The van der Waals surface area contributed by atoms with Crippen LogP contribution in [0.2, 0.25) is 5.02 Å². The summed E-state index contributed by atoms with van der Waals surface area (Å²) in [5.74, 6) is -5.72. The van der Waals surface area contributed by atoms with E-state index in [4.69, 9.17) is 11.6 Å². The average molecular weight is 847 g/mol. The second-order valence-corrected chi connectivity index (χ2v) is 16.9. The number of halogens is 1. The molecule has 14 heteroatoms. The maximum Gasteiger partial charge on any atom is 0.238 e. The Hall–Kier alpha value is -6.99. The molecule has 1 N–H and O–H groups in total. The number of hydrogen-bond acceptors (Lipinski definition) is 11. The molecule has 0 aromatic heterocycles. The Kier molecular flexibility index (Phi) is 10.5. The first kappa shape index (κ1) is 40.4. The van der Waals surface area contributed by atoms with Gasteiger partial charge in [-0.15, -0.1) is 0 Å². The van der Waals surface area contributed by atoms with E-state index in [9.17, 15) is 24.3 Å². The molecule has 13 nitrogen and oxygen atoms in total. The first-order valence-corrected chi connectivity index (χ1v) is 20.8. The number of amides is 4. The topological polar surface area (TPSA) is 151 Å². The first-order valence-electron chi connectivity index (χ1n) is 20.4. The monoisotopic (exact) mass is 846 g/mol. The maximum absolute atomic E-state index is 14.6. The van der Waals surface area contributed by atoms with Crippen molar-refractivity contribution < 1.29 is 24.3 Å². The van der Waals surface area contributed by atoms with Gasteiger partial charge in [0.15, 0.2) is 0 Å². The molecule has 2 saturated heterocycles. The van der Waals surface area contributed by atoms with Crippen molar-refractivity contribution in [1.82, 2.24) is 0 Å². The van der Waals surface area contributed by atoms with Gasteiger partial charge in [-0.1, -0.05) is 29.3 Å². The number of rotatable bonds is 9. The predicted molar refractivity (Wildman–Crippen MR) is 238 cm³/mol. The van der Waals surface area contributed by atoms with E-state index in [0.717, 1.165) is 16.9 Å². The van der Waals surface area contributed by atoms with Gasteiger partial charge in [-0.3, -0.25) is 29.0 Å². The Morgan fingerprint density at radius 1 is 0.548 bits per heavy atom. The molecule has 0 bridgehead atoms. The normalized spacial score (nSPS) is 23.2. The van der Waals surface area contributed by atoms with Crippen molar-refractivity contribution in [3.63, 3.8) is 0 Å². The van der Waals surface area contributed by atoms with Gasteiger partial charge in [0.2, 0.25) is 23.6 Å². The fourth-order valence-corrected chi connectivity index (χ4v) is 9.71. The van der Waals surface area contributed by atoms with Crippen LogP contribution in [0.4, 0.5) is 45.5 Å². The highest BCUT2D eigenvalue weighted by Gasteiger charge is 2.62. The van der Waals surface area contributed by atoms with Crippen molar-refractivity contribution in [2.24, 2.45) is 50.0 Å². The molecule has 62 heavy (non-hydrogen) atoms. The van der Waals surface area contributed by atoms with Crippen LogP contribution in [0.3, 0.4) is 0 Å². The zero-order valence-corrected chi connectivity index (χ0v) is 35.2. The lowest BCUT2D eigenvalue weighted by atomic mass is 9.57. The third-order valence-electron chi connectivity index (χ3n) is 12.5. The quantitative estimate of drug-likeness (QED) is 0.0881. The summed E-state index contributed by atoms with van der Waals surface area (Å²) in [6.45, 7) is 0. The van der Waals surface area contributed by atoms with Crippen LogP contribution in [0.1, 0.15) is 24.3 Å². The number of nitrogens with zero attached hydrogens (tertiary/aromatic N) is 8. The van der Waals surface area contributed by atoms with Gasteiger partial charge in [0.05, 0.1) is 57.8 Å². The second kappa shape index (κ2) is 16.1. The van der Waals surface area contributed by atoms with Crippen LogP contribution in [0.25, 0.3) is 0 Å². The summed E-state index contributed by atoms with van der Waals surface area (Å²) >= 11 is 6.82. The molecule has 2 heterocycles. The number of hydrogen-bond donors (Lipinski definition) is 1. The van der Waals surface area contributed by atoms with Crippen LogP contribution in [-0.4, -0.2) is 56.9 Å². The highest BCUT2D eigenvalue weighted by atomic mass is 35.5. The number of anilines is 4. The number of imide groups is 2. The summed E-state index contributed by atoms with van der Waals surface area (Å²) in [6, 6.07) is 33.4. The van der Waals surface area contributed by atoms with Gasteiger partial charge in [-0.25, -0.2) is 0 Å². The minimum atomic E-state index is -0.830. The molecular formula is C48H43ClN8O5. The zero-order valence-electron chi connectivity index (χ0n) is 34.5. The minimum absolute atomic E-state index is 0.0445. The lowest BCUT2D eigenvalue weighted by molar-refractivity contribution is -0.126. The summed E-state index contributed by atoms with van der Waals surface area (Å²) in [4.78, 5) is 64.3. The Morgan fingerprint density at radius 3 is 1.44 bits per heavy atom. The summed E-state index contributed by atoms with van der Waals surface area (Å²) < 4.78 is 0. The van der Waals surface area contributed by atoms with Crippen molar-refractivity contribution in [1.29, 1.82) is 0 Å². The van der Waals surface area contributed by atoms with Crippen LogP contribution < -0.4 is 19.6 Å². The molecule has 5 aromatic carbocycles. The molecule has 0 spiro atoms. The second-order valence-electron chi connectivity index (χ2n) is 16.5. The molecule has 2 aliphatic carbocycles. The smallest absolute Gasteiger partial charge is 0.238 e. The van der Waals surface area contributed by atoms with E-state index in [2.05, 4.69) is 20.5 Å². The number of aromatic hydroxyl groups is 1. The lowest BCUT2D eigenvalue weighted by Crippen LogP contribution is -2.43. The van der Waals surface area contributed by atoms with Crippen molar-refractivity contribution in [2.75, 3.05) is 47.8 Å². The van der Waals surface area contributed by atoms with E-state index < -0.39 is 35.5 Å². The SMILES string of the molecule is CN(C)c1ccc(N=Nc2ccc(N3C(=O)[C@H]4[C@H](CC=C5[C@H]4C[C@H]4C(=O)N(c6ccc(N=Nc7ccc(N(C)C)cc7)cc6)C(=O)[C@H]4[C@H]5c4ccc(O)cc4Cl)C3=O)cc2)cc1. The number of benzene rings is 5. The molecule has 3 fully saturated rings. The fourth-order valence-electron chi connectivity index (χ4n) is 9.42. The zero-order chi connectivity index (χ0) is 43.4. The summed E-state index contributed by atoms with van der Waals surface area (Å²) in [5.41, 5.74) is 6.70. The van der Waals surface area contributed by atoms with E-state index in [1.165, 1.54) is 21.9 Å². The Labute approximate surface area is 363 Å². The Bertz CT molecular complexity index is 2680. The van der Waals surface area contributed by atoms with E-state index >= 15 is 0 Å². The largest absolute Gasteiger partial charge is 0.508 e. The van der Waals surface area contributed by atoms with Gasteiger partial charge in [0.25, 0.3) is 0 Å². The van der Waals surface area contributed by atoms with Gasteiger partial charge < -0.3 is 14.9 Å². The summed E-state index contributed by atoms with van der Waals surface area (Å²) in [6.07, 6.45) is 2.45. The molecule has 6 atom stereocenters. The third kappa shape index (κ3) is 7.21. The molecule has 5 aromatic rings. The van der Waals surface area contributed by atoms with Crippen molar-refractivity contribution in [2.45, 2.75) is 18.8 Å². The number of phenolic OH excluding ortho intramolecular Hbond substituents is 1. The lowest BCUT2D eigenvalue weighted by Gasteiger charge is -2.44. The molecule has 9 rings (SSSR count). The number of carbonyl (C=O) groups excluding carboxylic acids is 4. The van der Waals surface area contributed by atoms with E-state index in [-0.39, 0.29) is 47.2 Å². The summed E-state index contributed by atoms with van der Waals surface area (Å²) in [7, 11) is 7.84. The number of allylic oxidation sites excluding steroid dienone is 2. The molecule has 0 radical (unpaired) electrons. The van der Waals surface area contributed by atoms with Gasteiger partial charge in [0.1, 0.15) is 5.75 Å². The Balaban J connectivity index is 0.986. The molecule has 4 amide bonds. The van der Waals surface area contributed by atoms with Crippen molar-refractivity contribution in [3.8, 4) is 5.75 Å². The van der Waals surface area contributed by atoms with Gasteiger partial charge in [-0.05, 0) is 134 Å². The Morgan fingerprint density at radius 2 is 0.984 bits per heavy atom. The highest BCUT2D eigenvalue weighted by Crippen LogP contribution is 2.59. The molecular weight excluding hydrogens is 804 g/mol. The minimum Gasteiger partial charge on any atom is -0.508 e. The van der Waals surface area contributed by atoms with Crippen LogP contribution in [0.5, 0.6) is 5.75 Å². The molecule has 312 valence electrons. The van der Waals surface area contributed by atoms with Crippen molar-refractivity contribution >= 4 is 80.7 Å². The number of fused-ring (bicyclic) bond motifs is 4. The van der Waals surface area contributed by atoms with Gasteiger partial charge in [0, 0.05) is 50.5 Å². The van der Waals surface area contributed by atoms with Crippen LogP contribution in [-0.2, 0) is 19.2 Å². The van der Waals surface area contributed by atoms with Gasteiger partial charge in [-0.2, -0.15) is 20.5 Å². The maximum atomic E-state index is 14.6. The summed E-state index contributed by atoms with van der Waals surface area (Å²) in [5, 5.41) is 27.9. The standard InChI is InChI=1S/C48H43ClN8O5/c1-54(2)31-13-5-27(6-14-31)50-52-29-9-17-33(18-10-29)56-45(59)38-24-23-36-39(43(38)47(56)61)26-40-44(42(36)37-22-21-35(58)25-41(37)49)48(62)57(46(40)60)34-19-11-30(12-20-34)53-51-28-7-15-32(16-8-28)55(3)4/h5-23,25,38-40,42-44,58H,24,26H2,1-4H3/t38-,39+,40+,42+,43-,44+/m0/s1. The molecule has 1 saturated carbocycles. The number of phenols is 1. The van der Waals surface area contributed by atoms with Crippen LogP contribution in [0, 0.1) is 29.6 Å². The van der Waals surface area contributed by atoms with E-state index in [1.807, 2.05) is 92.6 Å². The molecule has 2 aliphatic heterocycles. The average Bonchev–Trinajstić information content (AvgIpc) is 3.68. The molecule has 0 unspecified atom stereocenters. The molecule has 4 aliphatic rings. The van der Waals surface area contributed by atoms with E-state index in [1.54, 1.807) is 54.6 Å². The van der Waals surface area contributed by atoms with Crippen LogP contribution in [0.15, 0.2) is 147 Å². The van der Waals surface area contributed by atoms with Crippen molar-refractivity contribution in [3.05, 3.63) is 137 Å². The predicted octanol–water partition coefficient (Wildman–Crippen LogP) is 10.1. The van der Waals surface area contributed by atoms with E-state index in [0.29, 0.717) is 39.7 Å². The first-order chi connectivity index (χ1) is 29.9. The van der Waals surface area contributed by atoms with Crippen LogP contribution >= 0.6 is 11.6 Å². The number of carbonyl (C=O) groups is 4. The number of azo groups is 2. The highest BCUT2D eigenvalue weighted by molar-refractivity contribution is 6.32. The van der Waals surface area contributed by atoms with Gasteiger partial charge >= 0.3 is 0 Å².